The van der Waals surface area contributed by atoms with Crippen LogP contribution in [0.2, 0.25) is 0 Å². The van der Waals surface area contributed by atoms with Crippen LogP contribution in [0.4, 0.5) is 0 Å². The molecule has 0 fully saturated rings. The van der Waals surface area contributed by atoms with Crippen molar-refractivity contribution in [1.82, 2.24) is 0 Å². The number of fused-ring (bicyclic) bond motifs is 1. The molecule has 1 aromatic carbocycles. The first-order valence-electron chi connectivity index (χ1n) is 4.69. The van der Waals surface area contributed by atoms with Crippen molar-refractivity contribution in [2.24, 2.45) is 0 Å². The first-order valence-corrected chi connectivity index (χ1v) is 4.69. The molecule has 84 valence electrons. The predicted molar refractivity (Wildman–Crippen MR) is 54.0 cm³/mol. The standard InChI is InChI=1S/C11H10O5/c1-5-3-7(8(12)11(13)14)10-9(6(5)2)15-4-16-10/h3H,4H2,1-2H3,(H,13,14). The highest BCUT2D eigenvalue weighted by Crippen LogP contribution is 2.40. The number of hydrogen-bond donors (Lipinski definition) is 1. The van der Waals surface area contributed by atoms with Gasteiger partial charge in [-0.05, 0) is 31.0 Å². The highest BCUT2D eigenvalue weighted by atomic mass is 16.7. The Balaban J connectivity index is 2.64. The zero-order valence-corrected chi connectivity index (χ0v) is 8.86. The maximum Gasteiger partial charge on any atom is 0.377 e. The van der Waals surface area contributed by atoms with Gasteiger partial charge in [-0.1, -0.05) is 0 Å². The number of carboxylic acids is 1. The van der Waals surface area contributed by atoms with Crippen molar-refractivity contribution in [2.45, 2.75) is 13.8 Å². The lowest BCUT2D eigenvalue weighted by Gasteiger charge is -2.08. The van der Waals surface area contributed by atoms with Crippen LogP contribution in [0.15, 0.2) is 6.07 Å². The van der Waals surface area contributed by atoms with Gasteiger partial charge >= 0.3 is 5.97 Å². The quantitative estimate of drug-likeness (QED) is 0.603. The van der Waals surface area contributed by atoms with E-state index < -0.39 is 11.8 Å². The van der Waals surface area contributed by atoms with Crippen LogP contribution < -0.4 is 9.47 Å². The molecule has 0 atom stereocenters. The molecule has 0 saturated heterocycles. The molecule has 0 spiro atoms. The molecule has 2 rings (SSSR count). The van der Waals surface area contributed by atoms with Crippen molar-refractivity contribution in [2.75, 3.05) is 6.79 Å². The number of hydrogen-bond acceptors (Lipinski definition) is 4. The van der Waals surface area contributed by atoms with Gasteiger partial charge in [-0.3, -0.25) is 4.79 Å². The molecule has 0 unspecified atom stereocenters. The summed E-state index contributed by atoms with van der Waals surface area (Å²) in [6.07, 6.45) is 0. The largest absolute Gasteiger partial charge is 0.475 e. The Labute approximate surface area is 91.6 Å². The van der Waals surface area contributed by atoms with Gasteiger partial charge < -0.3 is 14.6 Å². The van der Waals surface area contributed by atoms with E-state index in [0.29, 0.717) is 5.75 Å². The van der Waals surface area contributed by atoms with Gasteiger partial charge in [-0.25, -0.2) is 4.79 Å². The van der Waals surface area contributed by atoms with Gasteiger partial charge in [0.2, 0.25) is 6.79 Å². The summed E-state index contributed by atoms with van der Waals surface area (Å²) in [5, 5.41) is 8.68. The zero-order chi connectivity index (χ0) is 11.9. The number of ketones is 1. The lowest BCUT2D eigenvalue weighted by molar-refractivity contribution is -0.131. The monoisotopic (exact) mass is 222 g/mol. The van der Waals surface area contributed by atoms with Crippen LogP contribution >= 0.6 is 0 Å². The average Bonchev–Trinajstić information content (AvgIpc) is 2.71. The number of carboxylic acid groups (broad SMARTS) is 1. The fraction of sp³-hybridized carbons (Fsp3) is 0.273. The zero-order valence-electron chi connectivity index (χ0n) is 8.86. The second-order valence-electron chi connectivity index (χ2n) is 3.57. The molecule has 0 aromatic heterocycles. The van der Waals surface area contributed by atoms with Crippen LogP contribution in [-0.4, -0.2) is 23.7 Å². The van der Waals surface area contributed by atoms with Gasteiger partial charge in [0.25, 0.3) is 5.78 Å². The minimum atomic E-state index is -1.50. The molecule has 0 radical (unpaired) electrons. The summed E-state index contributed by atoms with van der Waals surface area (Å²) in [6.45, 7) is 3.63. The minimum Gasteiger partial charge on any atom is -0.475 e. The van der Waals surface area contributed by atoms with Crippen molar-refractivity contribution in [3.05, 3.63) is 22.8 Å². The van der Waals surface area contributed by atoms with E-state index in [2.05, 4.69) is 0 Å². The molecule has 5 nitrogen and oxygen atoms in total. The maximum absolute atomic E-state index is 11.4. The molecule has 1 heterocycles. The van der Waals surface area contributed by atoms with Gasteiger partial charge in [0.05, 0.1) is 5.56 Å². The fourth-order valence-electron chi connectivity index (χ4n) is 1.61. The van der Waals surface area contributed by atoms with E-state index in [0.717, 1.165) is 11.1 Å². The van der Waals surface area contributed by atoms with Gasteiger partial charge in [-0.2, -0.15) is 0 Å². The van der Waals surface area contributed by atoms with Crippen molar-refractivity contribution in [1.29, 1.82) is 0 Å². The van der Waals surface area contributed by atoms with E-state index in [-0.39, 0.29) is 18.1 Å². The fourth-order valence-corrected chi connectivity index (χ4v) is 1.61. The van der Waals surface area contributed by atoms with Crippen molar-refractivity contribution in [3.63, 3.8) is 0 Å². The summed E-state index contributed by atoms with van der Waals surface area (Å²) in [5.74, 6) is -1.79. The molecule has 0 amide bonds. The molecule has 0 aliphatic carbocycles. The van der Waals surface area contributed by atoms with Gasteiger partial charge in [-0.15, -0.1) is 0 Å². The molecule has 1 N–H and O–H groups in total. The summed E-state index contributed by atoms with van der Waals surface area (Å²) in [7, 11) is 0. The normalized spacial score (nSPS) is 12.6. The highest BCUT2D eigenvalue weighted by molar-refractivity contribution is 6.40. The van der Waals surface area contributed by atoms with Crippen LogP contribution in [0.5, 0.6) is 11.5 Å². The van der Waals surface area contributed by atoms with E-state index in [1.165, 1.54) is 6.07 Å². The van der Waals surface area contributed by atoms with Crippen LogP contribution in [0, 0.1) is 13.8 Å². The average molecular weight is 222 g/mol. The molecule has 16 heavy (non-hydrogen) atoms. The van der Waals surface area contributed by atoms with E-state index in [4.69, 9.17) is 14.6 Å². The number of ether oxygens (including phenoxy) is 2. The Morgan fingerprint density at radius 3 is 2.50 bits per heavy atom. The molecular weight excluding hydrogens is 212 g/mol. The van der Waals surface area contributed by atoms with Gasteiger partial charge in [0, 0.05) is 0 Å². The predicted octanol–water partition coefficient (Wildman–Crippen LogP) is 1.30. The molecule has 1 aromatic rings. The van der Waals surface area contributed by atoms with Crippen molar-refractivity contribution in [3.8, 4) is 11.5 Å². The van der Waals surface area contributed by atoms with Gasteiger partial charge in [0.15, 0.2) is 11.5 Å². The topological polar surface area (TPSA) is 72.8 Å². The van der Waals surface area contributed by atoms with E-state index in [1.807, 2.05) is 6.92 Å². The molecule has 1 aliphatic rings. The van der Waals surface area contributed by atoms with Crippen LogP contribution in [0.25, 0.3) is 0 Å². The number of aryl methyl sites for hydroxylation is 1. The second kappa shape index (κ2) is 3.52. The highest BCUT2D eigenvalue weighted by Gasteiger charge is 2.28. The van der Waals surface area contributed by atoms with Crippen LogP contribution in [0.1, 0.15) is 21.5 Å². The first-order chi connectivity index (χ1) is 7.52. The smallest absolute Gasteiger partial charge is 0.377 e. The summed E-state index contributed by atoms with van der Waals surface area (Å²) >= 11 is 0. The lowest BCUT2D eigenvalue weighted by Crippen LogP contribution is -2.13. The van der Waals surface area contributed by atoms with Crippen LogP contribution in [-0.2, 0) is 4.79 Å². The molecule has 1 aliphatic heterocycles. The number of Topliss-reactive ketones (excluding diaryl/α,β-unsaturated/α-hetero) is 1. The number of benzene rings is 1. The number of aliphatic carboxylic acids is 1. The van der Waals surface area contributed by atoms with Crippen molar-refractivity contribution >= 4 is 11.8 Å². The molecule has 0 saturated carbocycles. The van der Waals surface area contributed by atoms with Crippen LogP contribution in [0.3, 0.4) is 0 Å². The van der Waals surface area contributed by atoms with E-state index in [1.54, 1.807) is 6.92 Å². The molecule has 0 bridgehead atoms. The summed E-state index contributed by atoms with van der Waals surface area (Å²) < 4.78 is 10.3. The minimum absolute atomic E-state index is 0.0134. The Bertz CT molecular complexity index is 490. The maximum atomic E-state index is 11.4. The summed E-state index contributed by atoms with van der Waals surface area (Å²) in [5.41, 5.74) is 1.70. The SMILES string of the molecule is Cc1cc(C(=O)C(=O)O)c2c(c1C)OCO2. The van der Waals surface area contributed by atoms with Crippen molar-refractivity contribution < 1.29 is 24.2 Å². The third kappa shape index (κ3) is 1.41. The number of rotatable bonds is 2. The van der Waals surface area contributed by atoms with Gasteiger partial charge in [0.1, 0.15) is 0 Å². The summed E-state index contributed by atoms with van der Waals surface area (Å²) in [4.78, 5) is 22.1. The second-order valence-corrected chi connectivity index (χ2v) is 3.57. The summed E-state index contributed by atoms with van der Waals surface area (Å²) in [6, 6.07) is 1.51. The molecule has 5 heteroatoms. The Kier molecular flexibility index (Phi) is 2.30. The van der Waals surface area contributed by atoms with E-state index in [9.17, 15) is 9.59 Å². The number of carbonyl (C=O) groups is 2. The Morgan fingerprint density at radius 2 is 1.88 bits per heavy atom. The number of carbonyl (C=O) groups excluding carboxylic acids is 1. The Hall–Kier alpha value is -2.04. The third-order valence-corrected chi connectivity index (χ3v) is 2.59. The Morgan fingerprint density at radius 1 is 1.25 bits per heavy atom. The lowest BCUT2D eigenvalue weighted by atomic mass is 10.0. The molecular formula is C11H10O5. The van der Waals surface area contributed by atoms with E-state index >= 15 is 0 Å². The first kappa shape index (κ1) is 10.5. The third-order valence-electron chi connectivity index (χ3n) is 2.59.